The molecule has 2 bridgehead atoms. The van der Waals surface area contributed by atoms with Crippen LogP contribution >= 0.6 is 0 Å². The number of cyclic esters (lactones) is 1. The van der Waals surface area contributed by atoms with Gasteiger partial charge in [0.15, 0.2) is 0 Å². The van der Waals surface area contributed by atoms with E-state index in [2.05, 4.69) is 35.2 Å². The predicted molar refractivity (Wildman–Crippen MR) is 79.8 cm³/mol. The molecule has 4 aliphatic rings. The van der Waals surface area contributed by atoms with Gasteiger partial charge in [-0.15, -0.1) is 0 Å². The maximum absolute atomic E-state index is 12.0. The smallest absolute Gasteiger partial charge is 0.410 e. The maximum atomic E-state index is 12.0. The highest BCUT2D eigenvalue weighted by atomic mass is 16.6. The molecule has 0 radical (unpaired) electrons. The number of benzene rings is 1. The van der Waals surface area contributed by atoms with E-state index < -0.39 is 0 Å². The topological polar surface area (TPSA) is 32.8 Å². The van der Waals surface area contributed by atoms with Gasteiger partial charge in [0, 0.05) is 25.7 Å². The Balaban J connectivity index is 1.56. The number of carbonyl (C=O) groups is 1. The number of fused-ring (bicyclic) bond motifs is 2. The molecule has 0 N–H and O–H groups in total. The van der Waals surface area contributed by atoms with Crippen LogP contribution in [0.15, 0.2) is 30.3 Å². The van der Waals surface area contributed by atoms with Crippen molar-refractivity contribution < 1.29 is 9.53 Å². The number of rotatable bonds is 2. The molecule has 0 aromatic heterocycles. The Bertz CT molecular complexity index is 533. The second kappa shape index (κ2) is 5.02. The van der Waals surface area contributed by atoms with Crippen molar-refractivity contribution >= 4 is 6.09 Å². The minimum atomic E-state index is -0.106. The van der Waals surface area contributed by atoms with Crippen LogP contribution in [0.4, 0.5) is 4.79 Å². The lowest BCUT2D eigenvalue weighted by atomic mass is 9.87. The fourth-order valence-electron chi connectivity index (χ4n) is 4.36. The molecule has 0 aliphatic carbocycles. The number of hydrogen-bond acceptors (Lipinski definition) is 3. The molecule has 0 spiro atoms. The summed E-state index contributed by atoms with van der Waals surface area (Å²) in [5, 5.41) is 0. The van der Waals surface area contributed by atoms with Crippen molar-refractivity contribution in [1.29, 1.82) is 0 Å². The summed E-state index contributed by atoms with van der Waals surface area (Å²) in [6.45, 7) is 4.95. The highest BCUT2D eigenvalue weighted by molar-refractivity contribution is 5.71. The van der Waals surface area contributed by atoms with Crippen LogP contribution in [0.25, 0.3) is 0 Å². The third-order valence-electron chi connectivity index (χ3n) is 5.34. The van der Waals surface area contributed by atoms with Crippen LogP contribution in [0.1, 0.15) is 25.3 Å². The lowest BCUT2D eigenvalue weighted by Crippen LogP contribution is -2.44. The largest absolute Gasteiger partial charge is 0.444 e. The predicted octanol–water partition coefficient (Wildman–Crippen LogP) is 2.49. The van der Waals surface area contributed by atoms with Gasteiger partial charge in [-0.25, -0.2) is 4.79 Å². The molecule has 1 amide bonds. The summed E-state index contributed by atoms with van der Waals surface area (Å²) in [6, 6.07) is 11.4. The first-order chi connectivity index (χ1) is 10.2. The Hall–Kier alpha value is -1.55. The molecule has 4 heteroatoms. The van der Waals surface area contributed by atoms with Gasteiger partial charge in [-0.2, -0.15) is 0 Å². The van der Waals surface area contributed by atoms with Crippen LogP contribution in [-0.4, -0.2) is 47.2 Å². The standard InChI is InChI=1S/C17H22N2O2/c1-12-16-14-7-8-15(11-19(16)17(20)21-12)18(10-14)9-13-5-3-2-4-6-13/h2-6,12,14-16H,7-11H2,1H3/t12?,14-,15-,16-/m1/s1. The van der Waals surface area contributed by atoms with E-state index in [-0.39, 0.29) is 18.2 Å². The third-order valence-corrected chi connectivity index (χ3v) is 5.34. The fourth-order valence-corrected chi connectivity index (χ4v) is 4.36. The van der Waals surface area contributed by atoms with Crippen molar-refractivity contribution in [2.45, 2.75) is 44.5 Å². The van der Waals surface area contributed by atoms with Gasteiger partial charge in [0.1, 0.15) is 6.10 Å². The van der Waals surface area contributed by atoms with Crippen LogP contribution in [0, 0.1) is 5.92 Å². The molecule has 21 heavy (non-hydrogen) atoms. The van der Waals surface area contributed by atoms with E-state index in [1.54, 1.807) is 0 Å². The lowest BCUT2D eigenvalue weighted by molar-refractivity contribution is 0.0860. The molecule has 1 unspecified atom stereocenters. The maximum Gasteiger partial charge on any atom is 0.410 e. The molecule has 112 valence electrons. The number of amides is 1. The van der Waals surface area contributed by atoms with Crippen LogP contribution in [-0.2, 0) is 11.3 Å². The van der Waals surface area contributed by atoms with E-state index in [1.165, 1.54) is 18.4 Å². The molecule has 0 saturated carbocycles. The molecule has 1 aromatic carbocycles. The van der Waals surface area contributed by atoms with Crippen molar-refractivity contribution in [1.82, 2.24) is 9.80 Å². The van der Waals surface area contributed by atoms with Crippen molar-refractivity contribution in [2.75, 3.05) is 13.1 Å². The molecule has 4 heterocycles. The molecule has 4 atom stereocenters. The monoisotopic (exact) mass is 286 g/mol. The van der Waals surface area contributed by atoms with Gasteiger partial charge in [0.25, 0.3) is 0 Å². The van der Waals surface area contributed by atoms with Gasteiger partial charge in [0.2, 0.25) is 0 Å². The molecule has 1 aromatic rings. The summed E-state index contributed by atoms with van der Waals surface area (Å²) in [7, 11) is 0. The van der Waals surface area contributed by atoms with Gasteiger partial charge in [-0.1, -0.05) is 30.3 Å². The summed E-state index contributed by atoms with van der Waals surface area (Å²) in [4.78, 5) is 16.6. The molecule has 4 fully saturated rings. The summed E-state index contributed by atoms with van der Waals surface area (Å²) >= 11 is 0. The van der Waals surface area contributed by atoms with Gasteiger partial charge in [-0.05, 0) is 31.2 Å². The van der Waals surface area contributed by atoms with E-state index in [0.29, 0.717) is 12.0 Å². The Morgan fingerprint density at radius 3 is 2.81 bits per heavy atom. The fraction of sp³-hybridized carbons (Fsp3) is 0.588. The Morgan fingerprint density at radius 1 is 1.19 bits per heavy atom. The molecular formula is C17H22N2O2. The molecule has 4 aliphatic heterocycles. The van der Waals surface area contributed by atoms with Crippen molar-refractivity contribution in [3.63, 3.8) is 0 Å². The molecule has 4 nitrogen and oxygen atoms in total. The first-order valence-corrected chi connectivity index (χ1v) is 7.97. The zero-order valence-electron chi connectivity index (χ0n) is 12.4. The molecule has 5 rings (SSSR count). The number of ether oxygens (including phenoxy) is 1. The highest BCUT2D eigenvalue weighted by Crippen LogP contribution is 2.38. The van der Waals surface area contributed by atoms with E-state index in [9.17, 15) is 4.79 Å². The Kier molecular flexibility index (Phi) is 3.14. The number of carbonyl (C=O) groups excluding carboxylic acids is 1. The van der Waals surface area contributed by atoms with Crippen molar-refractivity contribution in [3.8, 4) is 0 Å². The minimum Gasteiger partial charge on any atom is -0.444 e. The summed E-state index contributed by atoms with van der Waals surface area (Å²) in [5.41, 5.74) is 1.36. The van der Waals surface area contributed by atoms with Crippen LogP contribution in [0.2, 0.25) is 0 Å². The normalized spacial score (nSPS) is 35.5. The van der Waals surface area contributed by atoms with Gasteiger partial charge in [-0.3, -0.25) is 9.80 Å². The first kappa shape index (κ1) is 13.1. The Labute approximate surface area is 125 Å². The second-order valence-electron chi connectivity index (χ2n) is 6.64. The van der Waals surface area contributed by atoms with Crippen LogP contribution in [0.5, 0.6) is 0 Å². The van der Waals surface area contributed by atoms with Gasteiger partial charge < -0.3 is 4.74 Å². The average Bonchev–Trinajstić information content (AvgIpc) is 2.66. The Morgan fingerprint density at radius 2 is 2.00 bits per heavy atom. The third kappa shape index (κ3) is 2.22. The SMILES string of the molecule is CC1OC(=O)N2C[C@H]3CC[C@H](CN3Cc3ccccc3)[C@@H]12. The molecular weight excluding hydrogens is 264 g/mol. The van der Waals surface area contributed by atoms with E-state index in [4.69, 9.17) is 4.74 Å². The first-order valence-electron chi connectivity index (χ1n) is 7.97. The van der Waals surface area contributed by atoms with E-state index in [0.717, 1.165) is 19.6 Å². The summed E-state index contributed by atoms with van der Waals surface area (Å²) in [5.74, 6) is 0.550. The second-order valence-corrected chi connectivity index (χ2v) is 6.64. The highest BCUT2D eigenvalue weighted by Gasteiger charge is 2.50. The van der Waals surface area contributed by atoms with Gasteiger partial charge in [0.05, 0.1) is 6.04 Å². The van der Waals surface area contributed by atoms with Crippen molar-refractivity contribution in [2.24, 2.45) is 5.92 Å². The average molecular weight is 286 g/mol. The number of nitrogens with zero attached hydrogens (tertiary/aromatic N) is 2. The van der Waals surface area contributed by atoms with E-state index in [1.807, 2.05) is 11.8 Å². The zero-order valence-corrected chi connectivity index (χ0v) is 12.4. The van der Waals surface area contributed by atoms with Crippen molar-refractivity contribution in [3.05, 3.63) is 35.9 Å². The van der Waals surface area contributed by atoms with E-state index >= 15 is 0 Å². The van der Waals surface area contributed by atoms with Crippen LogP contribution < -0.4 is 0 Å². The lowest BCUT2D eigenvalue weighted by Gasteiger charge is -2.37. The minimum absolute atomic E-state index is 0.0397. The quantitative estimate of drug-likeness (QED) is 0.837. The molecule has 4 saturated heterocycles. The van der Waals surface area contributed by atoms with Gasteiger partial charge >= 0.3 is 6.09 Å². The summed E-state index contributed by atoms with van der Waals surface area (Å²) in [6.07, 6.45) is 2.35. The zero-order chi connectivity index (χ0) is 14.4. The number of piperidine rings is 1. The number of hydrogen-bond donors (Lipinski definition) is 0. The summed E-state index contributed by atoms with van der Waals surface area (Å²) < 4.78 is 5.44. The van der Waals surface area contributed by atoms with Crippen LogP contribution in [0.3, 0.4) is 0 Å².